The number of hydrogen-bond acceptors (Lipinski definition) is 4. The fourth-order valence-electron chi connectivity index (χ4n) is 2.73. The second-order valence-electron chi connectivity index (χ2n) is 5.79. The smallest absolute Gasteiger partial charge is 0.288 e. The van der Waals surface area contributed by atoms with E-state index in [4.69, 9.17) is 11.6 Å². The highest BCUT2D eigenvalue weighted by Gasteiger charge is 2.35. The molecule has 1 atom stereocenters. The zero-order chi connectivity index (χ0) is 18.8. The van der Waals surface area contributed by atoms with E-state index >= 15 is 0 Å². The van der Waals surface area contributed by atoms with Gasteiger partial charge >= 0.3 is 0 Å². The molecule has 1 heterocycles. The Morgan fingerprint density at radius 3 is 2.58 bits per heavy atom. The van der Waals surface area contributed by atoms with Crippen molar-refractivity contribution in [3.05, 3.63) is 62.1 Å². The van der Waals surface area contributed by atoms with Gasteiger partial charge in [-0.15, -0.1) is 0 Å². The van der Waals surface area contributed by atoms with Crippen molar-refractivity contribution in [2.75, 3.05) is 16.8 Å². The molecule has 7 nitrogen and oxygen atoms in total. The number of anilines is 2. The van der Waals surface area contributed by atoms with Gasteiger partial charge in [0.2, 0.25) is 11.8 Å². The van der Waals surface area contributed by atoms with Gasteiger partial charge in [0.25, 0.3) is 5.69 Å². The minimum absolute atomic E-state index is 0.0632. The van der Waals surface area contributed by atoms with Crippen LogP contribution in [0.4, 0.5) is 17.1 Å². The molecule has 26 heavy (non-hydrogen) atoms. The Morgan fingerprint density at radius 2 is 1.96 bits per heavy atom. The molecule has 2 amide bonds. The molecule has 3 rings (SSSR count). The molecule has 0 aromatic heterocycles. The molecular weight excluding hydrogens is 426 g/mol. The Labute approximate surface area is 162 Å². The monoisotopic (exact) mass is 437 g/mol. The number of rotatable bonds is 4. The predicted octanol–water partition coefficient (Wildman–Crippen LogP) is 4.00. The average molecular weight is 439 g/mol. The zero-order valence-electron chi connectivity index (χ0n) is 13.3. The van der Waals surface area contributed by atoms with Gasteiger partial charge in [0, 0.05) is 34.9 Å². The summed E-state index contributed by atoms with van der Waals surface area (Å²) < 4.78 is 0.900. The third kappa shape index (κ3) is 3.86. The van der Waals surface area contributed by atoms with Gasteiger partial charge in [-0.1, -0.05) is 27.5 Å². The van der Waals surface area contributed by atoms with Gasteiger partial charge in [-0.25, -0.2) is 0 Å². The molecule has 0 bridgehead atoms. The summed E-state index contributed by atoms with van der Waals surface area (Å²) >= 11 is 9.19. The Kier molecular flexibility index (Phi) is 5.24. The van der Waals surface area contributed by atoms with Crippen LogP contribution in [-0.2, 0) is 9.59 Å². The first-order valence-electron chi connectivity index (χ1n) is 7.66. The first-order chi connectivity index (χ1) is 12.3. The number of nitro groups is 1. The van der Waals surface area contributed by atoms with E-state index in [1.54, 1.807) is 17.0 Å². The minimum atomic E-state index is -0.598. The number of nitro benzene ring substituents is 1. The molecule has 1 aliphatic rings. The number of benzene rings is 2. The van der Waals surface area contributed by atoms with Crippen LogP contribution in [0.1, 0.15) is 6.42 Å². The lowest BCUT2D eigenvalue weighted by Gasteiger charge is -2.16. The van der Waals surface area contributed by atoms with Gasteiger partial charge in [-0.3, -0.25) is 19.7 Å². The highest BCUT2D eigenvalue weighted by Crippen LogP contribution is 2.29. The molecule has 0 radical (unpaired) electrons. The van der Waals surface area contributed by atoms with E-state index in [1.165, 1.54) is 18.2 Å². The summed E-state index contributed by atoms with van der Waals surface area (Å²) in [4.78, 5) is 36.4. The Balaban J connectivity index is 1.69. The molecule has 1 unspecified atom stereocenters. The number of amides is 2. The number of nitrogens with zero attached hydrogens (tertiary/aromatic N) is 2. The van der Waals surface area contributed by atoms with Crippen LogP contribution in [-0.4, -0.2) is 23.3 Å². The van der Waals surface area contributed by atoms with E-state index in [9.17, 15) is 19.7 Å². The van der Waals surface area contributed by atoms with E-state index in [1.807, 2.05) is 12.1 Å². The van der Waals surface area contributed by atoms with Gasteiger partial charge in [0.05, 0.1) is 10.8 Å². The largest absolute Gasteiger partial charge is 0.326 e. The normalized spacial score (nSPS) is 16.6. The number of carbonyl (C=O) groups is 2. The zero-order valence-corrected chi connectivity index (χ0v) is 15.7. The van der Waals surface area contributed by atoms with E-state index in [-0.39, 0.29) is 35.5 Å². The molecule has 2 aromatic rings. The lowest BCUT2D eigenvalue weighted by molar-refractivity contribution is -0.384. The second-order valence-corrected chi connectivity index (χ2v) is 7.12. The van der Waals surface area contributed by atoms with Crippen LogP contribution < -0.4 is 10.2 Å². The van der Waals surface area contributed by atoms with Gasteiger partial charge < -0.3 is 10.2 Å². The summed E-state index contributed by atoms with van der Waals surface area (Å²) in [5, 5.41) is 13.4. The van der Waals surface area contributed by atoms with E-state index in [2.05, 4.69) is 21.2 Å². The maximum atomic E-state index is 12.4. The Morgan fingerprint density at radius 1 is 1.27 bits per heavy atom. The summed E-state index contributed by atoms with van der Waals surface area (Å²) in [5.74, 6) is -0.975. The van der Waals surface area contributed by atoms with Crippen LogP contribution in [0.3, 0.4) is 0 Å². The summed E-state index contributed by atoms with van der Waals surface area (Å²) in [6.45, 7) is 0.271. The summed E-state index contributed by atoms with van der Waals surface area (Å²) in [6.07, 6.45) is 0.0998. The maximum Gasteiger partial charge on any atom is 0.288 e. The fraction of sp³-hybridized carbons (Fsp3) is 0.176. The molecule has 1 aliphatic heterocycles. The number of carbonyl (C=O) groups excluding carboxylic acids is 2. The number of halogens is 2. The van der Waals surface area contributed by atoms with Crippen molar-refractivity contribution in [2.24, 2.45) is 5.92 Å². The van der Waals surface area contributed by atoms with E-state index in [0.29, 0.717) is 5.69 Å². The maximum absolute atomic E-state index is 12.4. The third-order valence-electron chi connectivity index (χ3n) is 4.05. The van der Waals surface area contributed by atoms with E-state index < -0.39 is 10.8 Å². The molecule has 2 aromatic carbocycles. The highest BCUT2D eigenvalue weighted by atomic mass is 79.9. The molecule has 0 spiro atoms. The van der Waals surface area contributed by atoms with Crippen molar-refractivity contribution in [3.63, 3.8) is 0 Å². The molecule has 1 N–H and O–H groups in total. The fourth-order valence-corrected chi connectivity index (χ4v) is 3.24. The van der Waals surface area contributed by atoms with Crippen molar-refractivity contribution in [3.8, 4) is 0 Å². The van der Waals surface area contributed by atoms with Gasteiger partial charge in [0.15, 0.2) is 0 Å². The molecule has 1 saturated heterocycles. The standard InChI is InChI=1S/C17H13BrClN3O4/c18-11-1-4-13(5-2-11)21-9-10(7-16(21)23)17(24)20-12-3-6-15(22(25)26)14(19)8-12/h1-6,8,10H,7,9H2,(H,20,24). The average Bonchev–Trinajstić information content (AvgIpc) is 2.97. The summed E-state index contributed by atoms with van der Waals surface area (Å²) in [7, 11) is 0. The van der Waals surface area contributed by atoms with Crippen LogP contribution in [0.25, 0.3) is 0 Å². The van der Waals surface area contributed by atoms with Crippen molar-refractivity contribution in [2.45, 2.75) is 6.42 Å². The second kappa shape index (κ2) is 7.43. The Bertz CT molecular complexity index is 888. The molecule has 9 heteroatoms. The van der Waals surface area contributed by atoms with Crippen LogP contribution in [0.2, 0.25) is 5.02 Å². The van der Waals surface area contributed by atoms with Gasteiger partial charge in [0.1, 0.15) is 5.02 Å². The van der Waals surface area contributed by atoms with Gasteiger partial charge in [-0.05, 0) is 36.4 Å². The summed E-state index contributed by atoms with van der Waals surface area (Å²) in [6, 6.07) is 11.2. The van der Waals surface area contributed by atoms with E-state index in [0.717, 1.165) is 10.2 Å². The third-order valence-corrected chi connectivity index (χ3v) is 4.88. The quantitative estimate of drug-likeness (QED) is 0.577. The Hall–Kier alpha value is -2.45. The molecule has 0 saturated carbocycles. The van der Waals surface area contributed by atoms with Crippen LogP contribution in [0.15, 0.2) is 46.9 Å². The van der Waals surface area contributed by atoms with Gasteiger partial charge in [-0.2, -0.15) is 0 Å². The van der Waals surface area contributed by atoms with Crippen molar-refractivity contribution >= 4 is 56.4 Å². The van der Waals surface area contributed by atoms with Crippen molar-refractivity contribution in [1.82, 2.24) is 0 Å². The SMILES string of the molecule is O=C(Nc1ccc([N+](=O)[O-])c(Cl)c1)C1CC(=O)N(c2ccc(Br)cc2)C1. The first-order valence-corrected chi connectivity index (χ1v) is 8.83. The molecule has 134 valence electrons. The van der Waals surface area contributed by atoms with Crippen LogP contribution in [0.5, 0.6) is 0 Å². The number of hydrogen-bond donors (Lipinski definition) is 1. The lowest BCUT2D eigenvalue weighted by atomic mass is 10.1. The summed E-state index contributed by atoms with van der Waals surface area (Å²) in [5.41, 5.74) is 0.842. The van der Waals surface area contributed by atoms with Crippen LogP contribution >= 0.6 is 27.5 Å². The van der Waals surface area contributed by atoms with Crippen molar-refractivity contribution in [1.29, 1.82) is 0 Å². The van der Waals surface area contributed by atoms with Crippen molar-refractivity contribution < 1.29 is 14.5 Å². The predicted molar refractivity (Wildman–Crippen MR) is 101 cm³/mol. The van der Waals surface area contributed by atoms with Crippen LogP contribution in [0, 0.1) is 16.0 Å². The first kappa shape index (κ1) is 18.3. The molecular formula is C17H13BrClN3O4. The molecule has 0 aliphatic carbocycles. The number of nitrogens with one attached hydrogen (secondary N) is 1. The lowest BCUT2D eigenvalue weighted by Crippen LogP contribution is -2.28. The topological polar surface area (TPSA) is 92.5 Å². The minimum Gasteiger partial charge on any atom is -0.326 e. The molecule has 1 fully saturated rings. The highest BCUT2D eigenvalue weighted by molar-refractivity contribution is 9.10.